The lowest BCUT2D eigenvalue weighted by atomic mass is 10.3. The Hall–Kier alpha value is -1.88. The number of phenolic OH excluding ortho intramolecular Hbond substituents is 1. The van der Waals surface area contributed by atoms with Gasteiger partial charge in [-0.1, -0.05) is 0 Å². The van der Waals surface area contributed by atoms with Crippen molar-refractivity contribution in [3.63, 3.8) is 0 Å². The molecule has 5 heteroatoms. The molecule has 0 aliphatic rings. The lowest BCUT2D eigenvalue weighted by Crippen LogP contribution is -1.94. The number of aryl methyl sites for hydroxylation is 1. The van der Waals surface area contributed by atoms with Crippen molar-refractivity contribution in [1.82, 2.24) is 0 Å². The standard InChI is InChI=1S/C13H12O4S/c1-8-6-10(17-12(8)13(15)16)7-18-11-4-2-9(14)3-5-11/h2-6,14H,7H2,1H3,(H,15,16). The second-order valence-electron chi connectivity index (χ2n) is 3.81. The highest BCUT2D eigenvalue weighted by molar-refractivity contribution is 7.98. The second kappa shape index (κ2) is 5.18. The zero-order chi connectivity index (χ0) is 13.1. The smallest absolute Gasteiger partial charge is 0.372 e. The molecule has 2 N–H and O–H groups in total. The third-order valence-electron chi connectivity index (χ3n) is 2.38. The summed E-state index contributed by atoms with van der Waals surface area (Å²) >= 11 is 1.52. The van der Waals surface area contributed by atoms with Crippen molar-refractivity contribution in [1.29, 1.82) is 0 Å². The normalized spacial score (nSPS) is 10.5. The molecule has 2 rings (SSSR count). The Morgan fingerprint density at radius 1 is 1.33 bits per heavy atom. The van der Waals surface area contributed by atoms with Crippen LogP contribution in [0, 0.1) is 6.92 Å². The molecule has 0 saturated carbocycles. The molecule has 1 aromatic heterocycles. The van der Waals surface area contributed by atoms with E-state index in [0.29, 0.717) is 17.1 Å². The first-order chi connectivity index (χ1) is 8.56. The third-order valence-corrected chi connectivity index (χ3v) is 3.42. The van der Waals surface area contributed by atoms with E-state index in [1.807, 2.05) is 0 Å². The van der Waals surface area contributed by atoms with Gasteiger partial charge in [0.1, 0.15) is 11.5 Å². The maximum atomic E-state index is 10.8. The molecule has 0 amide bonds. The van der Waals surface area contributed by atoms with Gasteiger partial charge in [0.15, 0.2) is 0 Å². The maximum absolute atomic E-state index is 10.8. The van der Waals surface area contributed by atoms with Crippen LogP contribution in [0.25, 0.3) is 0 Å². The van der Waals surface area contributed by atoms with E-state index in [1.54, 1.807) is 37.3 Å². The predicted molar refractivity (Wildman–Crippen MR) is 68.1 cm³/mol. The molecule has 0 aliphatic heterocycles. The van der Waals surface area contributed by atoms with Crippen LogP contribution in [-0.2, 0) is 5.75 Å². The number of thioether (sulfide) groups is 1. The van der Waals surface area contributed by atoms with Crippen LogP contribution in [0.3, 0.4) is 0 Å². The maximum Gasteiger partial charge on any atom is 0.372 e. The van der Waals surface area contributed by atoms with Crippen LogP contribution in [0.4, 0.5) is 0 Å². The van der Waals surface area contributed by atoms with E-state index in [0.717, 1.165) is 4.90 Å². The van der Waals surface area contributed by atoms with Crippen LogP contribution in [0.1, 0.15) is 21.9 Å². The Labute approximate surface area is 108 Å². The average molecular weight is 264 g/mol. The minimum absolute atomic E-state index is 0.00342. The molecule has 0 bridgehead atoms. The van der Waals surface area contributed by atoms with Crippen molar-refractivity contribution in [3.05, 3.63) is 47.4 Å². The largest absolute Gasteiger partial charge is 0.508 e. The minimum atomic E-state index is -1.05. The van der Waals surface area contributed by atoms with Gasteiger partial charge in [-0.2, -0.15) is 0 Å². The highest BCUT2D eigenvalue weighted by Gasteiger charge is 2.14. The lowest BCUT2D eigenvalue weighted by molar-refractivity contribution is 0.0659. The summed E-state index contributed by atoms with van der Waals surface area (Å²) in [5, 5.41) is 18.0. The van der Waals surface area contributed by atoms with E-state index < -0.39 is 5.97 Å². The summed E-state index contributed by atoms with van der Waals surface area (Å²) in [6.07, 6.45) is 0. The Balaban J connectivity index is 2.04. The summed E-state index contributed by atoms with van der Waals surface area (Å²) in [5.74, 6) is 0.354. The molecular formula is C13H12O4S. The van der Waals surface area contributed by atoms with Gasteiger partial charge in [-0.25, -0.2) is 4.79 Å². The van der Waals surface area contributed by atoms with E-state index in [1.165, 1.54) is 11.8 Å². The SMILES string of the molecule is Cc1cc(CSc2ccc(O)cc2)oc1C(=O)O. The van der Waals surface area contributed by atoms with Gasteiger partial charge >= 0.3 is 5.97 Å². The summed E-state index contributed by atoms with van der Waals surface area (Å²) in [6, 6.07) is 8.55. The topological polar surface area (TPSA) is 70.7 Å². The van der Waals surface area contributed by atoms with Crippen molar-refractivity contribution < 1.29 is 19.4 Å². The molecule has 0 radical (unpaired) electrons. The molecular weight excluding hydrogens is 252 g/mol. The number of aromatic hydroxyl groups is 1. The Kier molecular flexibility index (Phi) is 3.62. The van der Waals surface area contributed by atoms with Crippen LogP contribution in [0.2, 0.25) is 0 Å². The predicted octanol–water partition coefficient (Wildman–Crippen LogP) is 3.28. The fourth-order valence-corrected chi connectivity index (χ4v) is 2.31. The number of carboxylic acid groups (broad SMARTS) is 1. The van der Waals surface area contributed by atoms with Crippen molar-refractivity contribution in [2.75, 3.05) is 0 Å². The number of aromatic carboxylic acids is 1. The fourth-order valence-electron chi connectivity index (χ4n) is 1.53. The van der Waals surface area contributed by atoms with Crippen molar-refractivity contribution in [2.45, 2.75) is 17.6 Å². The van der Waals surface area contributed by atoms with Gasteiger partial charge in [0.2, 0.25) is 5.76 Å². The average Bonchev–Trinajstić information content (AvgIpc) is 2.70. The second-order valence-corrected chi connectivity index (χ2v) is 4.86. The van der Waals surface area contributed by atoms with Crippen LogP contribution >= 0.6 is 11.8 Å². The van der Waals surface area contributed by atoms with E-state index in [2.05, 4.69) is 0 Å². The van der Waals surface area contributed by atoms with Gasteiger partial charge in [0, 0.05) is 10.5 Å². The first-order valence-corrected chi connectivity index (χ1v) is 6.29. The first kappa shape index (κ1) is 12.6. The number of benzene rings is 1. The zero-order valence-electron chi connectivity index (χ0n) is 9.71. The quantitative estimate of drug-likeness (QED) is 0.829. The number of furan rings is 1. The van der Waals surface area contributed by atoms with E-state index in [9.17, 15) is 4.79 Å². The molecule has 94 valence electrons. The summed E-state index contributed by atoms with van der Waals surface area (Å²) in [6.45, 7) is 1.71. The monoisotopic (exact) mass is 264 g/mol. The van der Waals surface area contributed by atoms with E-state index in [-0.39, 0.29) is 11.5 Å². The van der Waals surface area contributed by atoms with Crippen molar-refractivity contribution in [2.24, 2.45) is 0 Å². The summed E-state index contributed by atoms with van der Waals surface area (Å²) in [4.78, 5) is 11.8. The van der Waals surface area contributed by atoms with Crippen LogP contribution in [0.15, 0.2) is 39.6 Å². The summed E-state index contributed by atoms with van der Waals surface area (Å²) < 4.78 is 5.25. The van der Waals surface area contributed by atoms with Crippen molar-refractivity contribution >= 4 is 17.7 Å². The highest BCUT2D eigenvalue weighted by Crippen LogP contribution is 2.26. The number of carbonyl (C=O) groups is 1. The molecule has 0 aliphatic carbocycles. The Morgan fingerprint density at radius 2 is 2.00 bits per heavy atom. The highest BCUT2D eigenvalue weighted by atomic mass is 32.2. The van der Waals surface area contributed by atoms with E-state index in [4.69, 9.17) is 14.6 Å². The number of carboxylic acids is 1. The number of phenols is 1. The van der Waals surface area contributed by atoms with Gasteiger partial charge in [-0.15, -0.1) is 11.8 Å². The molecule has 18 heavy (non-hydrogen) atoms. The number of hydrogen-bond donors (Lipinski definition) is 2. The lowest BCUT2D eigenvalue weighted by Gasteiger charge is -1.99. The van der Waals surface area contributed by atoms with Crippen LogP contribution in [-0.4, -0.2) is 16.2 Å². The van der Waals surface area contributed by atoms with Gasteiger partial charge in [0.05, 0.1) is 5.75 Å². The molecule has 1 heterocycles. The molecule has 0 unspecified atom stereocenters. The molecule has 0 fully saturated rings. The van der Waals surface area contributed by atoms with Gasteiger partial charge in [0.25, 0.3) is 0 Å². The Morgan fingerprint density at radius 3 is 2.56 bits per heavy atom. The number of rotatable bonds is 4. The number of hydrogen-bond acceptors (Lipinski definition) is 4. The third kappa shape index (κ3) is 2.87. The summed E-state index contributed by atoms with van der Waals surface area (Å²) in [5.41, 5.74) is 0.629. The van der Waals surface area contributed by atoms with E-state index >= 15 is 0 Å². The summed E-state index contributed by atoms with van der Waals surface area (Å²) in [7, 11) is 0. The molecule has 0 saturated heterocycles. The fraction of sp³-hybridized carbons (Fsp3) is 0.154. The van der Waals surface area contributed by atoms with Crippen LogP contribution < -0.4 is 0 Å². The van der Waals surface area contributed by atoms with Crippen molar-refractivity contribution in [3.8, 4) is 5.75 Å². The van der Waals surface area contributed by atoms with Crippen LogP contribution in [0.5, 0.6) is 5.75 Å². The molecule has 2 aromatic rings. The molecule has 0 spiro atoms. The molecule has 0 atom stereocenters. The van der Waals surface area contributed by atoms with Gasteiger partial charge < -0.3 is 14.6 Å². The first-order valence-electron chi connectivity index (χ1n) is 5.30. The minimum Gasteiger partial charge on any atom is -0.508 e. The zero-order valence-corrected chi connectivity index (χ0v) is 10.5. The van der Waals surface area contributed by atoms with Gasteiger partial charge in [-0.05, 0) is 37.3 Å². The Bertz CT molecular complexity index is 557. The molecule has 4 nitrogen and oxygen atoms in total. The van der Waals surface area contributed by atoms with Gasteiger partial charge in [-0.3, -0.25) is 0 Å². The molecule has 1 aromatic carbocycles.